The number of fused-ring (bicyclic) bond motifs is 1. The minimum Gasteiger partial charge on any atom is -0.459 e. The summed E-state index contributed by atoms with van der Waals surface area (Å²) in [7, 11) is 0. The Morgan fingerprint density at radius 2 is 2.09 bits per heavy atom. The monoisotopic (exact) mass is 328 g/mol. The smallest absolute Gasteiger partial charge is 0.408 e. The number of anilines is 1. The molecule has 1 aliphatic carbocycles. The van der Waals surface area contributed by atoms with Gasteiger partial charge in [0.2, 0.25) is 0 Å². The fraction of sp³-hybridized carbons (Fsp3) is 0.400. The van der Waals surface area contributed by atoms with E-state index in [1.165, 1.54) is 6.07 Å². The van der Waals surface area contributed by atoms with Crippen LogP contribution in [-0.2, 0) is 6.61 Å². The molecule has 23 heavy (non-hydrogen) atoms. The highest BCUT2D eigenvalue weighted by molar-refractivity contribution is 5.92. The van der Waals surface area contributed by atoms with E-state index in [1.54, 1.807) is 18.2 Å². The second kappa shape index (κ2) is 5.77. The van der Waals surface area contributed by atoms with Gasteiger partial charge >= 0.3 is 12.2 Å². The Kier molecular flexibility index (Phi) is 3.93. The largest absolute Gasteiger partial charge is 0.459 e. The van der Waals surface area contributed by atoms with Crippen molar-refractivity contribution in [2.75, 3.05) is 5.32 Å². The van der Waals surface area contributed by atoms with Gasteiger partial charge in [-0.1, -0.05) is 0 Å². The molecule has 124 valence electrons. The molecule has 1 unspecified atom stereocenters. The summed E-state index contributed by atoms with van der Waals surface area (Å²) in [6.07, 6.45) is -3.52. The van der Waals surface area contributed by atoms with Crippen LogP contribution in [-0.4, -0.2) is 23.4 Å². The van der Waals surface area contributed by atoms with Gasteiger partial charge in [-0.25, -0.2) is 4.79 Å². The first-order valence-corrected chi connectivity index (χ1v) is 7.14. The highest BCUT2D eigenvalue weighted by Crippen LogP contribution is 2.40. The van der Waals surface area contributed by atoms with Crippen LogP contribution < -0.4 is 10.6 Å². The Morgan fingerprint density at radius 1 is 1.35 bits per heavy atom. The standard InChI is InChI=1S/C15H15F3N2O3/c16-15(17,18)13(8-1-2-8)20-14(22)19-10-3-4-12-9(5-10)6-11(7-21)23-12/h3-6,8,13,21H,1-2,7H2,(H2,19,20,22). The molecule has 1 atom stereocenters. The van der Waals surface area contributed by atoms with E-state index in [0.29, 0.717) is 35.3 Å². The number of rotatable bonds is 4. The second-order valence-electron chi connectivity index (χ2n) is 5.58. The van der Waals surface area contributed by atoms with Crippen molar-refractivity contribution in [1.29, 1.82) is 0 Å². The number of carbonyl (C=O) groups is 1. The van der Waals surface area contributed by atoms with E-state index in [0.717, 1.165) is 0 Å². The number of amides is 2. The molecule has 0 saturated heterocycles. The van der Waals surface area contributed by atoms with Crippen LogP contribution >= 0.6 is 0 Å². The molecule has 0 spiro atoms. The van der Waals surface area contributed by atoms with Gasteiger partial charge in [-0.15, -0.1) is 0 Å². The molecule has 1 saturated carbocycles. The SMILES string of the molecule is O=C(Nc1ccc2oc(CO)cc2c1)NC(C1CC1)C(F)(F)F. The van der Waals surface area contributed by atoms with Crippen molar-refractivity contribution in [2.45, 2.75) is 31.7 Å². The van der Waals surface area contributed by atoms with Gasteiger partial charge in [0, 0.05) is 11.1 Å². The number of hydrogen-bond acceptors (Lipinski definition) is 3. The molecule has 3 N–H and O–H groups in total. The molecule has 1 aromatic carbocycles. The summed E-state index contributed by atoms with van der Waals surface area (Å²) < 4.78 is 43.9. The normalized spacial score (nSPS) is 16.3. The Bertz CT molecular complexity index is 722. The summed E-state index contributed by atoms with van der Waals surface area (Å²) in [6, 6.07) is 3.54. The molecule has 8 heteroatoms. The molecular weight excluding hydrogens is 313 g/mol. The average Bonchev–Trinajstić information content (AvgIpc) is 3.22. The number of alkyl halides is 3. The molecule has 3 rings (SSSR count). The Labute approximate surface area is 129 Å². The van der Waals surface area contributed by atoms with E-state index in [4.69, 9.17) is 9.52 Å². The first-order chi connectivity index (χ1) is 10.9. The van der Waals surface area contributed by atoms with E-state index in [9.17, 15) is 18.0 Å². The van der Waals surface area contributed by atoms with Gasteiger partial charge in [-0.3, -0.25) is 0 Å². The maximum Gasteiger partial charge on any atom is 0.408 e. The van der Waals surface area contributed by atoms with Crippen molar-refractivity contribution in [3.05, 3.63) is 30.0 Å². The lowest BCUT2D eigenvalue weighted by Gasteiger charge is -2.21. The first-order valence-electron chi connectivity index (χ1n) is 7.14. The zero-order chi connectivity index (χ0) is 16.6. The zero-order valence-corrected chi connectivity index (χ0v) is 12.0. The van der Waals surface area contributed by atoms with Crippen molar-refractivity contribution in [3.8, 4) is 0 Å². The molecule has 0 aliphatic heterocycles. The number of hydrogen-bond donors (Lipinski definition) is 3. The fourth-order valence-electron chi connectivity index (χ4n) is 2.46. The molecule has 0 bridgehead atoms. The predicted octanol–water partition coefficient (Wildman–Crippen LogP) is 3.39. The highest BCUT2D eigenvalue weighted by atomic mass is 19.4. The Morgan fingerprint density at radius 3 is 2.70 bits per heavy atom. The molecule has 1 fully saturated rings. The van der Waals surface area contributed by atoms with E-state index >= 15 is 0 Å². The minimum absolute atomic E-state index is 0.257. The maximum absolute atomic E-state index is 12.9. The summed E-state index contributed by atoms with van der Waals surface area (Å²) in [5, 5.41) is 14.0. The van der Waals surface area contributed by atoms with Crippen LogP contribution in [0.5, 0.6) is 0 Å². The lowest BCUT2D eigenvalue weighted by atomic mass is 10.2. The van der Waals surface area contributed by atoms with Gasteiger partial charge in [0.05, 0.1) is 0 Å². The molecule has 5 nitrogen and oxygen atoms in total. The average molecular weight is 328 g/mol. The number of halogens is 3. The van der Waals surface area contributed by atoms with Crippen LogP contribution in [0.3, 0.4) is 0 Å². The lowest BCUT2D eigenvalue weighted by molar-refractivity contribution is -0.157. The summed E-state index contributed by atoms with van der Waals surface area (Å²) >= 11 is 0. The minimum atomic E-state index is -4.46. The quantitative estimate of drug-likeness (QED) is 0.805. The molecule has 2 aromatic rings. The third kappa shape index (κ3) is 3.58. The third-order valence-electron chi connectivity index (χ3n) is 3.71. The maximum atomic E-state index is 12.9. The van der Waals surface area contributed by atoms with Crippen LogP contribution in [0.1, 0.15) is 18.6 Å². The number of urea groups is 1. The Hall–Kier alpha value is -2.22. The van der Waals surface area contributed by atoms with Gasteiger partial charge in [0.1, 0.15) is 24.0 Å². The van der Waals surface area contributed by atoms with Crippen molar-refractivity contribution < 1.29 is 27.5 Å². The summed E-state index contributed by atoms with van der Waals surface area (Å²) in [5.41, 5.74) is 0.864. The fourth-order valence-corrected chi connectivity index (χ4v) is 2.46. The summed E-state index contributed by atoms with van der Waals surface area (Å²) in [4.78, 5) is 11.8. The number of furan rings is 1. The van der Waals surface area contributed by atoms with Crippen LogP contribution in [0.25, 0.3) is 11.0 Å². The number of aliphatic hydroxyl groups is 1. The highest BCUT2D eigenvalue weighted by Gasteiger charge is 2.49. The summed E-state index contributed by atoms with van der Waals surface area (Å²) in [6.45, 7) is -0.257. The van der Waals surface area contributed by atoms with Gasteiger partial charge in [-0.2, -0.15) is 13.2 Å². The molecule has 2 amide bonds. The van der Waals surface area contributed by atoms with E-state index < -0.39 is 24.2 Å². The van der Waals surface area contributed by atoms with Crippen LogP contribution in [0.15, 0.2) is 28.7 Å². The number of benzene rings is 1. The van der Waals surface area contributed by atoms with Crippen LogP contribution in [0.2, 0.25) is 0 Å². The van der Waals surface area contributed by atoms with Gasteiger partial charge in [-0.05, 0) is 43.0 Å². The molecule has 1 heterocycles. The van der Waals surface area contributed by atoms with E-state index in [1.807, 2.05) is 5.32 Å². The summed E-state index contributed by atoms with van der Waals surface area (Å²) in [5.74, 6) is -0.170. The van der Waals surface area contributed by atoms with Crippen LogP contribution in [0, 0.1) is 5.92 Å². The van der Waals surface area contributed by atoms with Crippen molar-refractivity contribution in [3.63, 3.8) is 0 Å². The lowest BCUT2D eigenvalue weighted by Crippen LogP contribution is -2.48. The van der Waals surface area contributed by atoms with Gasteiger partial charge in [0.15, 0.2) is 0 Å². The predicted molar refractivity (Wildman–Crippen MR) is 76.9 cm³/mol. The number of nitrogens with one attached hydrogen (secondary N) is 2. The zero-order valence-electron chi connectivity index (χ0n) is 12.0. The molecular formula is C15H15F3N2O3. The molecule has 1 aliphatic rings. The topological polar surface area (TPSA) is 74.5 Å². The number of carbonyl (C=O) groups excluding carboxylic acids is 1. The first kappa shape index (κ1) is 15.7. The van der Waals surface area contributed by atoms with Gasteiger partial charge in [0.25, 0.3) is 0 Å². The number of aliphatic hydroxyl groups excluding tert-OH is 1. The van der Waals surface area contributed by atoms with E-state index in [-0.39, 0.29) is 6.61 Å². The Balaban J connectivity index is 1.69. The van der Waals surface area contributed by atoms with Crippen molar-refractivity contribution in [2.24, 2.45) is 5.92 Å². The van der Waals surface area contributed by atoms with Crippen molar-refractivity contribution in [1.82, 2.24) is 5.32 Å². The second-order valence-corrected chi connectivity index (χ2v) is 5.58. The van der Waals surface area contributed by atoms with Gasteiger partial charge < -0.3 is 20.2 Å². The van der Waals surface area contributed by atoms with Crippen LogP contribution in [0.4, 0.5) is 23.7 Å². The third-order valence-corrected chi connectivity index (χ3v) is 3.71. The van der Waals surface area contributed by atoms with Crippen molar-refractivity contribution >= 4 is 22.7 Å². The molecule has 0 radical (unpaired) electrons. The molecule has 1 aromatic heterocycles. The van der Waals surface area contributed by atoms with E-state index in [2.05, 4.69) is 5.32 Å².